The molecule has 22 heavy (non-hydrogen) atoms. The van der Waals surface area contributed by atoms with Crippen molar-refractivity contribution in [1.29, 1.82) is 0 Å². The molecule has 0 fully saturated rings. The Hall–Kier alpha value is -1.31. The molecule has 1 rings (SSSR count). The SMILES string of the molecule is CCc1cccc(C(C)(O)CC(F)(F)C(F)(F)C(F)(F)F)c1. The van der Waals surface area contributed by atoms with Crippen molar-refractivity contribution in [2.75, 3.05) is 0 Å². The van der Waals surface area contributed by atoms with Crippen LogP contribution in [0.3, 0.4) is 0 Å². The Bertz CT molecular complexity index is 520. The van der Waals surface area contributed by atoms with Crippen LogP contribution in [0.5, 0.6) is 0 Å². The number of halogens is 7. The van der Waals surface area contributed by atoms with Crippen LogP contribution < -0.4 is 0 Å². The third-order valence-corrected chi connectivity index (χ3v) is 3.34. The minimum absolute atomic E-state index is 0.149. The molecule has 0 heterocycles. The van der Waals surface area contributed by atoms with E-state index in [1.165, 1.54) is 18.2 Å². The number of hydrogen-bond donors (Lipinski definition) is 1. The summed E-state index contributed by atoms with van der Waals surface area (Å²) in [6.45, 7) is 2.52. The minimum atomic E-state index is -6.40. The fourth-order valence-corrected chi connectivity index (χ4v) is 1.98. The second-order valence-electron chi connectivity index (χ2n) is 5.28. The molecule has 1 atom stereocenters. The Balaban J connectivity index is 3.14. The van der Waals surface area contributed by atoms with Gasteiger partial charge in [0.1, 0.15) is 0 Å². The maximum Gasteiger partial charge on any atom is 0.459 e. The van der Waals surface area contributed by atoms with Crippen LogP contribution in [-0.4, -0.2) is 23.1 Å². The molecule has 0 radical (unpaired) electrons. The Kier molecular flexibility index (Phi) is 4.87. The van der Waals surface area contributed by atoms with Gasteiger partial charge in [0, 0.05) is 0 Å². The van der Waals surface area contributed by atoms with Gasteiger partial charge in [-0.3, -0.25) is 0 Å². The highest BCUT2D eigenvalue weighted by molar-refractivity contribution is 5.28. The first-order valence-electron chi connectivity index (χ1n) is 6.39. The third kappa shape index (κ3) is 3.53. The zero-order chi connectivity index (χ0) is 17.4. The molecule has 8 heteroatoms. The van der Waals surface area contributed by atoms with E-state index in [0.29, 0.717) is 12.0 Å². The first kappa shape index (κ1) is 18.7. The Labute approximate surface area is 122 Å². The van der Waals surface area contributed by atoms with Gasteiger partial charge in [-0.05, 0) is 24.5 Å². The maximum atomic E-state index is 13.4. The highest BCUT2D eigenvalue weighted by atomic mass is 19.4. The number of benzene rings is 1. The molecule has 0 aliphatic carbocycles. The van der Waals surface area contributed by atoms with Crippen molar-refractivity contribution < 1.29 is 35.8 Å². The lowest BCUT2D eigenvalue weighted by Gasteiger charge is -2.34. The van der Waals surface area contributed by atoms with Crippen molar-refractivity contribution in [2.45, 2.75) is 50.3 Å². The van der Waals surface area contributed by atoms with Crippen molar-refractivity contribution in [3.8, 4) is 0 Å². The van der Waals surface area contributed by atoms with Gasteiger partial charge in [-0.25, -0.2) is 0 Å². The highest BCUT2D eigenvalue weighted by Crippen LogP contribution is 2.50. The molecular formula is C14H15F7O. The number of aliphatic hydroxyl groups is 1. The van der Waals surface area contributed by atoms with E-state index < -0.39 is 30.0 Å². The zero-order valence-corrected chi connectivity index (χ0v) is 11.8. The first-order valence-corrected chi connectivity index (χ1v) is 6.39. The standard InChI is InChI=1S/C14H15F7O/c1-3-9-5-4-6-10(7-9)11(2,22)8-12(15,16)13(17,18)14(19,20)21/h4-7,22H,3,8H2,1-2H3. The van der Waals surface area contributed by atoms with Crippen LogP contribution in [-0.2, 0) is 12.0 Å². The second kappa shape index (κ2) is 5.72. The monoisotopic (exact) mass is 332 g/mol. The number of alkyl halides is 7. The van der Waals surface area contributed by atoms with Gasteiger partial charge in [-0.15, -0.1) is 0 Å². The maximum absolute atomic E-state index is 13.4. The van der Waals surface area contributed by atoms with Gasteiger partial charge in [0.15, 0.2) is 0 Å². The van der Waals surface area contributed by atoms with E-state index in [4.69, 9.17) is 0 Å². The van der Waals surface area contributed by atoms with Crippen molar-refractivity contribution in [2.24, 2.45) is 0 Å². The largest absolute Gasteiger partial charge is 0.459 e. The summed E-state index contributed by atoms with van der Waals surface area (Å²) in [7, 11) is 0. The van der Waals surface area contributed by atoms with Gasteiger partial charge < -0.3 is 5.11 Å². The second-order valence-corrected chi connectivity index (χ2v) is 5.28. The van der Waals surface area contributed by atoms with E-state index in [1.54, 1.807) is 13.0 Å². The fourth-order valence-electron chi connectivity index (χ4n) is 1.98. The molecule has 0 saturated heterocycles. The van der Waals surface area contributed by atoms with Gasteiger partial charge in [0.25, 0.3) is 0 Å². The highest BCUT2D eigenvalue weighted by Gasteiger charge is 2.73. The van der Waals surface area contributed by atoms with E-state index in [1.807, 2.05) is 0 Å². The summed E-state index contributed by atoms with van der Waals surface area (Å²) in [5.74, 6) is -11.7. The summed E-state index contributed by atoms with van der Waals surface area (Å²) in [6.07, 6.45) is -7.98. The summed E-state index contributed by atoms with van der Waals surface area (Å²) in [4.78, 5) is 0. The molecule has 0 aliphatic heterocycles. The molecular weight excluding hydrogens is 317 g/mol. The normalized spacial score (nSPS) is 16.5. The predicted molar refractivity (Wildman–Crippen MR) is 66.0 cm³/mol. The average molecular weight is 332 g/mol. The van der Waals surface area contributed by atoms with E-state index in [9.17, 15) is 35.8 Å². The fraction of sp³-hybridized carbons (Fsp3) is 0.571. The van der Waals surface area contributed by atoms with Crippen LogP contribution in [0.4, 0.5) is 30.7 Å². The molecule has 1 aromatic carbocycles. The van der Waals surface area contributed by atoms with Crippen LogP contribution in [0.25, 0.3) is 0 Å². The number of hydrogen-bond acceptors (Lipinski definition) is 1. The molecule has 0 bridgehead atoms. The smallest absolute Gasteiger partial charge is 0.385 e. The van der Waals surface area contributed by atoms with Crippen LogP contribution in [0.15, 0.2) is 24.3 Å². The molecule has 1 nitrogen and oxygen atoms in total. The topological polar surface area (TPSA) is 20.2 Å². The molecule has 0 aromatic heterocycles. The Morgan fingerprint density at radius 2 is 1.55 bits per heavy atom. The van der Waals surface area contributed by atoms with E-state index >= 15 is 0 Å². The summed E-state index contributed by atoms with van der Waals surface area (Å²) < 4.78 is 89.0. The number of aryl methyl sites for hydroxylation is 1. The van der Waals surface area contributed by atoms with Crippen molar-refractivity contribution >= 4 is 0 Å². The minimum Gasteiger partial charge on any atom is -0.385 e. The van der Waals surface area contributed by atoms with Gasteiger partial charge in [0.05, 0.1) is 12.0 Å². The molecule has 1 aromatic rings. The summed E-state index contributed by atoms with van der Waals surface area (Å²) in [6, 6.07) is 5.51. The van der Waals surface area contributed by atoms with Gasteiger partial charge in [0.2, 0.25) is 0 Å². The van der Waals surface area contributed by atoms with Crippen molar-refractivity contribution in [3.05, 3.63) is 35.4 Å². The van der Waals surface area contributed by atoms with Crippen LogP contribution in [0.1, 0.15) is 31.4 Å². The predicted octanol–water partition coefficient (Wildman–Crippen LogP) is 4.68. The lowest BCUT2D eigenvalue weighted by Crippen LogP contribution is -2.54. The quantitative estimate of drug-likeness (QED) is 0.776. The van der Waals surface area contributed by atoms with Crippen LogP contribution in [0.2, 0.25) is 0 Å². The van der Waals surface area contributed by atoms with Crippen LogP contribution >= 0.6 is 0 Å². The third-order valence-electron chi connectivity index (χ3n) is 3.34. The molecule has 0 spiro atoms. The molecule has 0 saturated carbocycles. The van der Waals surface area contributed by atoms with Gasteiger partial charge in [-0.1, -0.05) is 31.2 Å². The number of rotatable bonds is 5. The van der Waals surface area contributed by atoms with E-state index in [0.717, 1.165) is 6.92 Å². The molecule has 0 aliphatic rings. The lowest BCUT2D eigenvalue weighted by atomic mass is 9.86. The summed E-state index contributed by atoms with van der Waals surface area (Å²) in [5.41, 5.74) is -2.06. The van der Waals surface area contributed by atoms with Gasteiger partial charge in [-0.2, -0.15) is 30.7 Å². The molecule has 126 valence electrons. The average Bonchev–Trinajstić information content (AvgIpc) is 2.36. The molecule has 1 N–H and O–H groups in total. The molecule has 1 unspecified atom stereocenters. The first-order chi connectivity index (χ1) is 9.74. The van der Waals surface area contributed by atoms with Gasteiger partial charge >= 0.3 is 18.0 Å². The summed E-state index contributed by atoms with van der Waals surface area (Å²) in [5, 5.41) is 9.99. The lowest BCUT2D eigenvalue weighted by molar-refractivity contribution is -0.361. The Morgan fingerprint density at radius 3 is 2.00 bits per heavy atom. The van der Waals surface area contributed by atoms with E-state index in [2.05, 4.69) is 0 Å². The van der Waals surface area contributed by atoms with Crippen molar-refractivity contribution in [3.63, 3.8) is 0 Å². The molecule has 0 amide bonds. The zero-order valence-electron chi connectivity index (χ0n) is 11.8. The Morgan fingerprint density at radius 1 is 1.00 bits per heavy atom. The van der Waals surface area contributed by atoms with E-state index in [-0.39, 0.29) is 5.56 Å². The summed E-state index contributed by atoms with van der Waals surface area (Å²) >= 11 is 0. The van der Waals surface area contributed by atoms with Crippen LogP contribution in [0, 0.1) is 0 Å². The van der Waals surface area contributed by atoms with Crippen molar-refractivity contribution in [1.82, 2.24) is 0 Å².